The normalized spacial score (nSPS) is 19.0. The molecule has 0 saturated carbocycles. The zero-order valence-electron chi connectivity index (χ0n) is 16.6. The number of aromatic nitrogens is 3. The zero-order chi connectivity index (χ0) is 20.6. The highest BCUT2D eigenvalue weighted by Gasteiger charge is 2.53. The van der Waals surface area contributed by atoms with E-state index in [0.29, 0.717) is 25.2 Å². The number of amides is 2. The molecule has 1 fully saturated rings. The van der Waals surface area contributed by atoms with Gasteiger partial charge in [-0.2, -0.15) is 0 Å². The van der Waals surface area contributed by atoms with E-state index in [4.69, 9.17) is 16.3 Å². The van der Waals surface area contributed by atoms with Crippen LogP contribution in [0.3, 0.4) is 0 Å². The van der Waals surface area contributed by atoms with E-state index in [1.165, 1.54) is 0 Å². The summed E-state index contributed by atoms with van der Waals surface area (Å²) >= 11 is 6.03. The van der Waals surface area contributed by atoms with Gasteiger partial charge in [0.15, 0.2) is 0 Å². The molecule has 152 valence electrons. The van der Waals surface area contributed by atoms with Crippen molar-refractivity contribution in [3.05, 3.63) is 33.9 Å². The van der Waals surface area contributed by atoms with Gasteiger partial charge in [-0.25, -0.2) is 14.8 Å². The lowest BCUT2D eigenvalue weighted by Gasteiger charge is -2.51. The summed E-state index contributed by atoms with van der Waals surface area (Å²) in [6.07, 6.45) is 2.91. The number of carbonyl (C=O) groups excluding carboxylic acids is 2. The minimum absolute atomic E-state index is 0.0811. The summed E-state index contributed by atoms with van der Waals surface area (Å²) in [4.78, 5) is 38.8. The average molecular weight is 416 g/mol. The van der Waals surface area contributed by atoms with E-state index in [0.717, 1.165) is 41.1 Å². The second kappa shape index (κ2) is 5.95. The summed E-state index contributed by atoms with van der Waals surface area (Å²) < 4.78 is 5.48. The van der Waals surface area contributed by atoms with E-state index in [1.54, 1.807) is 11.1 Å². The van der Waals surface area contributed by atoms with Crippen LogP contribution < -0.4 is 5.32 Å². The molecular weight excluding hydrogens is 394 g/mol. The molecule has 1 aliphatic carbocycles. The summed E-state index contributed by atoms with van der Waals surface area (Å²) in [6.45, 7) is 7.02. The number of fused-ring (bicyclic) bond motifs is 6. The minimum Gasteiger partial charge on any atom is -0.444 e. The Morgan fingerprint density at radius 1 is 1.31 bits per heavy atom. The molecule has 2 aromatic heterocycles. The Kier molecular flexibility index (Phi) is 3.78. The van der Waals surface area contributed by atoms with E-state index in [1.807, 2.05) is 20.8 Å². The number of H-pyrrole nitrogens is 1. The molecule has 2 aliphatic heterocycles. The summed E-state index contributed by atoms with van der Waals surface area (Å²) in [6, 6.07) is 0. The van der Waals surface area contributed by atoms with Gasteiger partial charge in [0.2, 0.25) is 5.28 Å². The monoisotopic (exact) mass is 415 g/mol. The average Bonchev–Trinajstić information content (AvgIpc) is 3.00. The van der Waals surface area contributed by atoms with Gasteiger partial charge in [0.05, 0.1) is 22.4 Å². The van der Waals surface area contributed by atoms with Crippen LogP contribution in [-0.2, 0) is 23.0 Å². The number of nitrogens with one attached hydrogen (secondary N) is 2. The number of nitrogens with zero attached hydrogens (tertiary/aromatic N) is 3. The van der Waals surface area contributed by atoms with Crippen LogP contribution >= 0.6 is 11.6 Å². The summed E-state index contributed by atoms with van der Waals surface area (Å²) in [5.41, 5.74) is 4.27. The third-order valence-corrected chi connectivity index (χ3v) is 5.99. The molecule has 0 radical (unpaired) electrons. The smallest absolute Gasteiger partial charge is 0.410 e. The Hall–Kier alpha value is -2.61. The molecule has 29 heavy (non-hydrogen) atoms. The largest absolute Gasteiger partial charge is 0.444 e. The SMILES string of the molecule is CC(C)(C)OC(=O)N1CC2(CNC(=O)c3c2[nH]c2c3CCc3cnc(Cl)nc3-2)C1. The first-order chi connectivity index (χ1) is 13.7. The number of aromatic amines is 1. The van der Waals surface area contributed by atoms with Crippen molar-refractivity contribution in [1.29, 1.82) is 0 Å². The van der Waals surface area contributed by atoms with Crippen LogP contribution in [0.2, 0.25) is 5.28 Å². The van der Waals surface area contributed by atoms with Gasteiger partial charge in [-0.15, -0.1) is 0 Å². The Bertz CT molecular complexity index is 1050. The van der Waals surface area contributed by atoms with Crippen LogP contribution in [0.5, 0.6) is 0 Å². The van der Waals surface area contributed by atoms with Gasteiger partial charge in [-0.05, 0) is 56.3 Å². The molecule has 2 N–H and O–H groups in total. The molecule has 0 atom stereocenters. The first-order valence-corrected chi connectivity index (χ1v) is 10.1. The quantitative estimate of drug-likeness (QED) is 0.644. The molecular formula is C20H22ClN5O3. The number of hydrogen-bond acceptors (Lipinski definition) is 5. The molecule has 8 nitrogen and oxygen atoms in total. The van der Waals surface area contributed by atoms with Crippen LogP contribution in [0.4, 0.5) is 4.79 Å². The fraction of sp³-hybridized carbons (Fsp3) is 0.500. The van der Waals surface area contributed by atoms with Crippen LogP contribution in [0.15, 0.2) is 6.20 Å². The number of carbonyl (C=O) groups is 2. The van der Waals surface area contributed by atoms with Crippen molar-refractivity contribution in [2.75, 3.05) is 19.6 Å². The van der Waals surface area contributed by atoms with Gasteiger partial charge in [0.1, 0.15) is 5.60 Å². The first-order valence-electron chi connectivity index (χ1n) is 9.70. The molecule has 0 aromatic carbocycles. The van der Waals surface area contributed by atoms with Gasteiger partial charge in [0.25, 0.3) is 5.91 Å². The van der Waals surface area contributed by atoms with Crippen molar-refractivity contribution in [1.82, 2.24) is 25.2 Å². The molecule has 1 spiro atoms. The van der Waals surface area contributed by atoms with Crippen LogP contribution in [0.1, 0.15) is 48.0 Å². The maximum absolute atomic E-state index is 12.7. The van der Waals surface area contributed by atoms with Crippen molar-refractivity contribution < 1.29 is 14.3 Å². The lowest BCUT2D eigenvalue weighted by molar-refractivity contribution is -0.0113. The van der Waals surface area contributed by atoms with E-state index < -0.39 is 5.60 Å². The Balaban J connectivity index is 1.52. The topological polar surface area (TPSA) is 100 Å². The number of rotatable bonds is 0. The molecule has 9 heteroatoms. The summed E-state index contributed by atoms with van der Waals surface area (Å²) in [5.74, 6) is -0.0811. The van der Waals surface area contributed by atoms with E-state index in [2.05, 4.69) is 20.3 Å². The zero-order valence-corrected chi connectivity index (χ0v) is 17.3. The van der Waals surface area contributed by atoms with Gasteiger partial charge in [-0.1, -0.05) is 0 Å². The number of aryl methyl sites for hydroxylation is 1. The maximum atomic E-state index is 12.7. The second-order valence-electron chi connectivity index (χ2n) is 9.04. The molecule has 5 rings (SSSR count). The lowest BCUT2D eigenvalue weighted by atomic mass is 9.72. The molecule has 1 saturated heterocycles. The molecule has 2 amide bonds. The van der Waals surface area contributed by atoms with Gasteiger partial charge in [-0.3, -0.25) is 4.79 Å². The van der Waals surface area contributed by atoms with E-state index in [9.17, 15) is 9.59 Å². The Morgan fingerprint density at radius 2 is 2.07 bits per heavy atom. The number of halogens is 1. The highest BCUT2D eigenvalue weighted by molar-refractivity contribution is 6.28. The fourth-order valence-corrected chi connectivity index (χ4v) is 4.65. The number of ether oxygens (including phenoxy) is 1. The summed E-state index contributed by atoms with van der Waals surface area (Å²) in [7, 11) is 0. The first kappa shape index (κ1) is 18.4. The van der Waals surface area contributed by atoms with Crippen LogP contribution in [-0.4, -0.2) is 57.1 Å². The Morgan fingerprint density at radius 3 is 2.79 bits per heavy atom. The fourth-order valence-electron chi connectivity index (χ4n) is 4.52. The molecule has 3 aliphatic rings. The van der Waals surface area contributed by atoms with Crippen LogP contribution in [0.25, 0.3) is 11.4 Å². The maximum Gasteiger partial charge on any atom is 0.410 e. The highest BCUT2D eigenvalue weighted by atomic mass is 35.5. The van der Waals surface area contributed by atoms with E-state index >= 15 is 0 Å². The van der Waals surface area contributed by atoms with Crippen molar-refractivity contribution in [3.63, 3.8) is 0 Å². The van der Waals surface area contributed by atoms with Gasteiger partial charge in [0, 0.05) is 31.5 Å². The molecule has 4 heterocycles. The lowest BCUT2D eigenvalue weighted by Crippen LogP contribution is -2.67. The van der Waals surface area contributed by atoms with Crippen LogP contribution in [0, 0.1) is 0 Å². The van der Waals surface area contributed by atoms with E-state index in [-0.39, 0.29) is 22.7 Å². The minimum atomic E-state index is -0.542. The predicted octanol–water partition coefficient (Wildman–Crippen LogP) is 2.46. The third-order valence-electron chi connectivity index (χ3n) is 5.80. The summed E-state index contributed by atoms with van der Waals surface area (Å²) in [5, 5.41) is 3.20. The predicted molar refractivity (Wildman–Crippen MR) is 106 cm³/mol. The number of likely N-dealkylation sites (tertiary alicyclic amines) is 1. The van der Waals surface area contributed by atoms with Crippen molar-refractivity contribution in [2.45, 2.75) is 44.6 Å². The molecule has 0 bridgehead atoms. The van der Waals surface area contributed by atoms with Gasteiger partial charge >= 0.3 is 6.09 Å². The molecule has 2 aromatic rings. The standard InChI is InChI=1S/C20H22ClN5O3/c1-19(2,3)29-18(28)26-8-20(9-26)7-23-16(27)12-11-5-4-10-6-22-17(21)25-13(10)14(11)24-15(12)20/h6,24H,4-5,7-9H2,1-3H3,(H,23,27). The second-order valence-corrected chi connectivity index (χ2v) is 9.38. The Labute approximate surface area is 173 Å². The van der Waals surface area contributed by atoms with Crippen molar-refractivity contribution in [2.24, 2.45) is 0 Å². The highest BCUT2D eigenvalue weighted by Crippen LogP contribution is 2.44. The molecule has 0 unspecified atom stereocenters. The number of hydrogen-bond donors (Lipinski definition) is 2. The third kappa shape index (κ3) is 2.80. The van der Waals surface area contributed by atoms with Gasteiger partial charge < -0.3 is 19.9 Å². The van der Waals surface area contributed by atoms with Crippen molar-refractivity contribution in [3.8, 4) is 11.4 Å². The van der Waals surface area contributed by atoms with Crippen molar-refractivity contribution >= 4 is 23.6 Å².